The second-order valence-electron chi connectivity index (χ2n) is 14.5. The Morgan fingerprint density at radius 2 is 1.33 bits per heavy atom. The van der Waals surface area contributed by atoms with Gasteiger partial charge in [0.1, 0.15) is 0 Å². The molecule has 0 spiro atoms. The molecule has 2 aromatic heterocycles. The molecule has 264 valence electrons. The summed E-state index contributed by atoms with van der Waals surface area (Å²) in [6.45, 7) is 25.1. The summed E-state index contributed by atoms with van der Waals surface area (Å²) in [6, 6.07) is 20.7. The standard InChI is InChI=1S/C42H53N3O.2CH3.Hf/c1-13-36-39(32-17-14-15-20-37(32)46-36)35-23-45(12)42(43-35)41(44-40-30(25(4)5)18-16-19-31(40)26(6)7)38-33(27(8)9)21-29(24(2)3)22-34(38)28(10)11;;;/h14-16,18-28,41H,13H2,1-12H3;2*1H3;/q-2;2*-1;. The van der Waals surface area contributed by atoms with Crippen molar-refractivity contribution in [3.8, 4) is 11.3 Å². The summed E-state index contributed by atoms with van der Waals surface area (Å²) in [6.07, 6.45) is 2.94. The summed E-state index contributed by atoms with van der Waals surface area (Å²) in [4.78, 5) is 5.48. The van der Waals surface area contributed by atoms with E-state index in [0.29, 0.717) is 29.6 Å². The molecule has 5 rings (SSSR count). The molecule has 0 saturated heterocycles. The first-order valence-corrected chi connectivity index (χ1v) is 17.3. The van der Waals surface area contributed by atoms with E-state index in [1.807, 2.05) is 18.2 Å². The molecule has 5 heteroatoms. The van der Waals surface area contributed by atoms with Gasteiger partial charge in [-0.1, -0.05) is 123 Å². The molecule has 0 N–H and O–H groups in total. The van der Waals surface area contributed by atoms with E-state index in [-0.39, 0.29) is 46.7 Å². The van der Waals surface area contributed by atoms with E-state index in [9.17, 15) is 0 Å². The third-order valence-electron chi connectivity index (χ3n) is 9.37. The van der Waals surface area contributed by atoms with Crippen LogP contribution in [0.1, 0.15) is 157 Å². The van der Waals surface area contributed by atoms with Gasteiger partial charge < -0.3 is 29.2 Å². The van der Waals surface area contributed by atoms with E-state index in [4.69, 9.17) is 14.7 Å². The van der Waals surface area contributed by atoms with E-state index in [1.165, 1.54) is 33.4 Å². The first-order chi connectivity index (χ1) is 21.8. The number of furan rings is 1. The maximum absolute atomic E-state index is 6.31. The summed E-state index contributed by atoms with van der Waals surface area (Å²) >= 11 is 0. The second kappa shape index (κ2) is 17.3. The largest absolute Gasteiger partial charge is 0.671 e. The Labute approximate surface area is 317 Å². The average Bonchev–Trinajstić information content (AvgIpc) is 3.58. The SMILES string of the molecule is CCc1oc2ccc[c-]c2c1-c1cn(C)c(C([N-]c2c(C(C)C)cccc2C(C)C)c2c(C(C)C)cc(C(C)C)cc2C(C)C)n1.[CH3-].[CH3-].[Hf]. The normalized spacial score (nSPS) is 12.1. The topological polar surface area (TPSA) is 45.1 Å². The first kappa shape index (κ1) is 42.2. The summed E-state index contributed by atoms with van der Waals surface area (Å²) < 4.78 is 8.51. The van der Waals surface area contributed by atoms with E-state index < -0.39 is 0 Å². The Balaban J connectivity index is 0.00000278. The van der Waals surface area contributed by atoms with Gasteiger partial charge in [-0.2, -0.15) is 0 Å². The molecule has 0 saturated carbocycles. The van der Waals surface area contributed by atoms with E-state index in [1.54, 1.807) is 0 Å². The van der Waals surface area contributed by atoms with Crippen LogP contribution < -0.4 is 0 Å². The minimum Gasteiger partial charge on any atom is -0.671 e. The van der Waals surface area contributed by atoms with Crippen molar-refractivity contribution in [2.75, 3.05) is 0 Å². The van der Waals surface area contributed by atoms with Crippen LogP contribution in [0.4, 0.5) is 5.69 Å². The minimum absolute atomic E-state index is 0. The maximum atomic E-state index is 6.31. The number of para-hydroxylation sites is 1. The fourth-order valence-electron chi connectivity index (χ4n) is 6.77. The Bertz CT molecular complexity index is 1770. The van der Waals surface area contributed by atoms with E-state index in [2.05, 4.69) is 130 Å². The molecule has 0 aliphatic heterocycles. The van der Waals surface area contributed by atoms with Gasteiger partial charge in [-0.3, -0.25) is 0 Å². The number of rotatable bonds is 11. The number of fused-ring (bicyclic) bond motifs is 1. The predicted octanol–water partition coefficient (Wildman–Crippen LogP) is 13.5. The molecule has 0 aliphatic carbocycles. The van der Waals surface area contributed by atoms with Gasteiger partial charge in [0.05, 0.1) is 17.3 Å². The zero-order valence-electron chi connectivity index (χ0n) is 32.6. The molecule has 3 aromatic carbocycles. The monoisotopic (exact) mass is 825 g/mol. The van der Waals surface area contributed by atoms with Crippen molar-refractivity contribution in [1.29, 1.82) is 0 Å². The number of benzene rings is 3. The van der Waals surface area contributed by atoms with Crippen LogP contribution >= 0.6 is 0 Å². The fourth-order valence-corrected chi connectivity index (χ4v) is 6.77. The Kier molecular flexibility index (Phi) is 14.9. The van der Waals surface area contributed by atoms with Crippen molar-refractivity contribution < 1.29 is 30.3 Å². The molecule has 1 atom stereocenters. The van der Waals surface area contributed by atoms with Crippen LogP contribution in [-0.4, -0.2) is 9.55 Å². The van der Waals surface area contributed by atoms with Crippen LogP contribution in [-0.2, 0) is 39.3 Å². The Morgan fingerprint density at radius 3 is 1.82 bits per heavy atom. The van der Waals surface area contributed by atoms with Crippen LogP contribution in [0.5, 0.6) is 0 Å². The van der Waals surface area contributed by atoms with Crippen molar-refractivity contribution in [2.45, 2.75) is 118 Å². The molecule has 0 bridgehead atoms. The van der Waals surface area contributed by atoms with Crippen LogP contribution in [0.2, 0.25) is 0 Å². The zero-order chi connectivity index (χ0) is 33.4. The first-order valence-electron chi connectivity index (χ1n) is 17.3. The van der Waals surface area contributed by atoms with Gasteiger partial charge in [0, 0.05) is 44.7 Å². The average molecular weight is 824 g/mol. The predicted molar refractivity (Wildman–Crippen MR) is 208 cm³/mol. The van der Waals surface area contributed by atoms with Gasteiger partial charge in [0.2, 0.25) is 0 Å². The molecular formula is C44H59HfN3O-4. The number of aromatic nitrogens is 2. The number of hydrogen-bond donors (Lipinski definition) is 0. The van der Waals surface area contributed by atoms with Gasteiger partial charge in [-0.15, -0.1) is 30.0 Å². The van der Waals surface area contributed by atoms with Crippen molar-refractivity contribution in [3.05, 3.63) is 126 Å². The van der Waals surface area contributed by atoms with E-state index >= 15 is 0 Å². The summed E-state index contributed by atoms with van der Waals surface area (Å²) in [7, 11) is 2.12. The van der Waals surface area contributed by atoms with Crippen molar-refractivity contribution in [3.63, 3.8) is 0 Å². The van der Waals surface area contributed by atoms with Crippen molar-refractivity contribution in [2.24, 2.45) is 7.05 Å². The van der Waals surface area contributed by atoms with Crippen LogP contribution in [0, 0.1) is 20.9 Å². The van der Waals surface area contributed by atoms with Crippen LogP contribution in [0.3, 0.4) is 0 Å². The number of imidazole rings is 1. The number of hydrogen-bond acceptors (Lipinski definition) is 2. The van der Waals surface area contributed by atoms with E-state index in [0.717, 1.165) is 45.9 Å². The van der Waals surface area contributed by atoms with Crippen molar-refractivity contribution >= 4 is 16.7 Å². The third-order valence-corrected chi connectivity index (χ3v) is 9.37. The molecule has 0 aliphatic rings. The fraction of sp³-hybridized carbons (Fsp3) is 0.432. The molecular weight excluding hydrogens is 765 g/mol. The molecule has 4 nitrogen and oxygen atoms in total. The zero-order valence-corrected chi connectivity index (χ0v) is 36.2. The Morgan fingerprint density at radius 1 is 0.776 bits per heavy atom. The molecule has 0 fully saturated rings. The smallest absolute Gasteiger partial charge is 0.0974 e. The molecule has 5 aromatic rings. The van der Waals surface area contributed by atoms with Gasteiger partial charge in [0.15, 0.2) is 0 Å². The quantitative estimate of drug-likeness (QED) is 0.0984. The Hall–Kier alpha value is -2.92. The van der Waals surface area contributed by atoms with Gasteiger partial charge >= 0.3 is 0 Å². The molecule has 2 heterocycles. The molecule has 1 unspecified atom stereocenters. The van der Waals surface area contributed by atoms with Crippen LogP contribution in [0.15, 0.2) is 59.1 Å². The third kappa shape index (κ3) is 8.35. The van der Waals surface area contributed by atoms with Gasteiger partial charge in [0.25, 0.3) is 0 Å². The molecule has 0 amide bonds. The summed E-state index contributed by atoms with van der Waals surface area (Å²) in [5.74, 6) is 3.65. The summed E-state index contributed by atoms with van der Waals surface area (Å²) in [5, 5.41) is 6.83. The van der Waals surface area contributed by atoms with Crippen molar-refractivity contribution in [1.82, 2.24) is 9.55 Å². The van der Waals surface area contributed by atoms with Gasteiger partial charge in [-0.05, 0) is 69.9 Å². The summed E-state index contributed by atoms with van der Waals surface area (Å²) in [5.41, 5.74) is 11.9. The van der Waals surface area contributed by atoms with Crippen LogP contribution in [0.25, 0.3) is 27.5 Å². The number of nitrogens with zero attached hydrogens (tertiary/aromatic N) is 3. The number of aryl methyl sites for hydroxylation is 2. The minimum atomic E-state index is -0.292. The second-order valence-corrected chi connectivity index (χ2v) is 14.5. The molecule has 49 heavy (non-hydrogen) atoms. The maximum Gasteiger partial charge on any atom is 0.0974 e. The molecule has 0 radical (unpaired) electrons. The van der Waals surface area contributed by atoms with Gasteiger partial charge in [-0.25, -0.2) is 4.98 Å².